The lowest BCUT2D eigenvalue weighted by Gasteiger charge is -2.18. The fourth-order valence-electron chi connectivity index (χ4n) is 2.91. The predicted octanol–water partition coefficient (Wildman–Crippen LogP) is 3.61. The maximum atomic E-state index is 11.4. The number of rotatable bonds is 7. The van der Waals surface area contributed by atoms with Gasteiger partial charge < -0.3 is 30.1 Å². The number of allylic oxidation sites excluding steroid dienone is 2. The van der Waals surface area contributed by atoms with Gasteiger partial charge in [0.2, 0.25) is 0 Å². The zero-order valence-corrected chi connectivity index (χ0v) is 16.9. The molecule has 0 spiro atoms. The van der Waals surface area contributed by atoms with Gasteiger partial charge in [0.1, 0.15) is 11.9 Å². The van der Waals surface area contributed by atoms with E-state index in [0.29, 0.717) is 34.0 Å². The van der Waals surface area contributed by atoms with Crippen LogP contribution in [0.25, 0.3) is 0 Å². The van der Waals surface area contributed by atoms with Crippen LogP contribution in [0.15, 0.2) is 77.2 Å². The van der Waals surface area contributed by atoms with E-state index < -0.39 is 12.1 Å². The Labute approximate surface area is 179 Å². The molecule has 0 heterocycles. The number of methoxy groups -OCH3 is 2. The quantitative estimate of drug-likeness (QED) is 0.503. The lowest BCUT2D eigenvalue weighted by atomic mass is 10.0. The summed E-state index contributed by atoms with van der Waals surface area (Å²) in [5.41, 5.74) is 1.87. The van der Waals surface area contributed by atoms with E-state index in [4.69, 9.17) is 9.47 Å². The van der Waals surface area contributed by atoms with Gasteiger partial charge in [0.05, 0.1) is 31.2 Å². The van der Waals surface area contributed by atoms with Crippen molar-refractivity contribution in [3.8, 4) is 11.5 Å². The van der Waals surface area contributed by atoms with Crippen LogP contribution in [0.5, 0.6) is 11.5 Å². The van der Waals surface area contributed by atoms with Crippen molar-refractivity contribution >= 4 is 23.6 Å². The first-order chi connectivity index (χ1) is 14.9. The van der Waals surface area contributed by atoms with E-state index in [1.165, 1.54) is 32.6 Å². The molecule has 1 unspecified atom stereocenters. The van der Waals surface area contributed by atoms with Gasteiger partial charge in [0, 0.05) is 23.6 Å². The number of carbonyl (C=O) groups is 1. The zero-order chi connectivity index (χ0) is 22.4. The van der Waals surface area contributed by atoms with E-state index in [9.17, 15) is 20.1 Å². The largest absolute Gasteiger partial charge is 0.504 e. The number of aliphatic hydroxyl groups excluding tert-OH is 1. The first kappa shape index (κ1) is 21.7. The molecule has 8 nitrogen and oxygen atoms in total. The normalized spacial score (nSPS) is 16.9. The number of ether oxygens (including phenoxy) is 2. The minimum atomic E-state index is -1.08. The molecule has 0 radical (unpaired) electrons. The molecule has 0 aliphatic heterocycles. The van der Waals surface area contributed by atoms with E-state index in [2.05, 4.69) is 10.3 Å². The molecule has 1 aliphatic carbocycles. The number of aliphatic hydroxyl groups is 1. The lowest BCUT2D eigenvalue weighted by Crippen LogP contribution is -2.17. The van der Waals surface area contributed by atoms with E-state index in [1.54, 1.807) is 48.7 Å². The minimum Gasteiger partial charge on any atom is -0.504 e. The topological polar surface area (TPSA) is 121 Å². The Morgan fingerprint density at radius 2 is 2.00 bits per heavy atom. The summed E-state index contributed by atoms with van der Waals surface area (Å²) < 4.78 is 10.2. The minimum absolute atomic E-state index is 0.0538. The number of phenolic OH excluding ortho intramolecular Hbond substituents is 1. The number of nitrogens with one attached hydrogen (secondary N) is 1. The molecule has 0 saturated carbocycles. The molecule has 8 heteroatoms. The highest BCUT2D eigenvalue weighted by molar-refractivity contribution is 5.92. The Hall–Kier alpha value is -4.04. The summed E-state index contributed by atoms with van der Waals surface area (Å²) in [6, 6.07) is 9.42. The fourth-order valence-corrected chi connectivity index (χ4v) is 2.91. The number of benzene rings is 2. The van der Waals surface area contributed by atoms with Crippen molar-refractivity contribution in [1.29, 1.82) is 0 Å². The van der Waals surface area contributed by atoms with Gasteiger partial charge in [-0.05, 0) is 36.4 Å². The molecule has 0 bridgehead atoms. The molecule has 4 N–H and O–H groups in total. The SMILES string of the molecule is COC1=CC=C/C(=C/Nc2cc(C(=O)O)ccc2N=Cc2cccc(OC)c2O)C1O. The summed E-state index contributed by atoms with van der Waals surface area (Å²) in [4.78, 5) is 15.8. The number of hydrogen-bond acceptors (Lipinski definition) is 7. The van der Waals surface area contributed by atoms with Crippen LogP contribution >= 0.6 is 0 Å². The van der Waals surface area contributed by atoms with Gasteiger partial charge in [-0.15, -0.1) is 0 Å². The molecule has 0 amide bonds. The van der Waals surface area contributed by atoms with Crippen molar-refractivity contribution in [2.75, 3.05) is 19.5 Å². The zero-order valence-electron chi connectivity index (χ0n) is 16.9. The third-order valence-electron chi connectivity index (χ3n) is 4.60. The maximum absolute atomic E-state index is 11.4. The number of anilines is 1. The van der Waals surface area contributed by atoms with Crippen molar-refractivity contribution in [2.24, 2.45) is 4.99 Å². The first-order valence-electron chi connectivity index (χ1n) is 9.29. The summed E-state index contributed by atoms with van der Waals surface area (Å²) in [5.74, 6) is -0.435. The molecular weight excluding hydrogens is 400 g/mol. The summed E-state index contributed by atoms with van der Waals surface area (Å²) in [5, 5.41) is 32.9. The van der Waals surface area contributed by atoms with Crippen LogP contribution in [0.2, 0.25) is 0 Å². The van der Waals surface area contributed by atoms with Gasteiger partial charge in [-0.1, -0.05) is 18.2 Å². The molecular formula is C23H22N2O6. The first-order valence-corrected chi connectivity index (χ1v) is 9.29. The van der Waals surface area contributed by atoms with E-state index in [1.807, 2.05) is 0 Å². The number of aliphatic imine (C=N–C) groups is 1. The van der Waals surface area contributed by atoms with Gasteiger partial charge in [0.15, 0.2) is 11.5 Å². The lowest BCUT2D eigenvalue weighted by molar-refractivity contribution is 0.0697. The number of phenols is 1. The van der Waals surface area contributed by atoms with E-state index in [0.717, 1.165) is 0 Å². The predicted molar refractivity (Wildman–Crippen MR) is 117 cm³/mol. The van der Waals surface area contributed by atoms with Crippen LogP contribution < -0.4 is 10.1 Å². The highest BCUT2D eigenvalue weighted by Gasteiger charge is 2.17. The maximum Gasteiger partial charge on any atom is 0.335 e. The van der Waals surface area contributed by atoms with E-state index >= 15 is 0 Å². The van der Waals surface area contributed by atoms with Crippen molar-refractivity contribution in [3.63, 3.8) is 0 Å². The Kier molecular flexibility index (Phi) is 6.74. The monoisotopic (exact) mass is 422 g/mol. The van der Waals surface area contributed by atoms with E-state index in [-0.39, 0.29) is 11.3 Å². The average molecular weight is 422 g/mol. The van der Waals surface area contributed by atoms with Crippen LogP contribution in [0.1, 0.15) is 15.9 Å². The van der Waals surface area contributed by atoms with Gasteiger partial charge in [-0.25, -0.2) is 4.79 Å². The van der Waals surface area contributed by atoms with Gasteiger partial charge >= 0.3 is 5.97 Å². The number of aromatic hydroxyl groups is 1. The molecule has 0 fully saturated rings. The van der Waals surface area contributed by atoms with Crippen LogP contribution in [0, 0.1) is 0 Å². The van der Waals surface area contributed by atoms with Crippen molar-refractivity contribution in [3.05, 3.63) is 83.3 Å². The average Bonchev–Trinajstić information content (AvgIpc) is 2.78. The highest BCUT2D eigenvalue weighted by atomic mass is 16.5. The molecule has 31 heavy (non-hydrogen) atoms. The number of para-hydroxylation sites is 1. The standard InChI is InChI=1S/C23H22N2O6/c1-30-19-7-3-5-15(21(19)26)12-24-17-10-9-14(23(28)29)11-18(17)25-13-16-6-4-8-20(31-2)22(16)27/h3-13,22,25-27H,1-2H3,(H,28,29)/b16-13-,24-12?. The molecule has 0 aromatic heterocycles. The second-order valence-corrected chi connectivity index (χ2v) is 6.52. The highest BCUT2D eigenvalue weighted by Crippen LogP contribution is 2.31. The van der Waals surface area contributed by atoms with Crippen LogP contribution in [0.4, 0.5) is 11.4 Å². The summed E-state index contributed by atoms with van der Waals surface area (Å²) in [7, 11) is 2.92. The molecule has 2 aromatic carbocycles. The number of hydrogen-bond donors (Lipinski definition) is 4. The van der Waals surface area contributed by atoms with Crippen LogP contribution in [-0.4, -0.2) is 47.8 Å². The second-order valence-electron chi connectivity index (χ2n) is 6.52. The summed E-state index contributed by atoms with van der Waals surface area (Å²) in [6.07, 6.45) is 7.15. The molecule has 3 rings (SSSR count). The molecule has 160 valence electrons. The van der Waals surface area contributed by atoms with Crippen molar-refractivity contribution in [2.45, 2.75) is 6.10 Å². The molecule has 0 saturated heterocycles. The van der Waals surface area contributed by atoms with Crippen LogP contribution in [-0.2, 0) is 4.74 Å². The van der Waals surface area contributed by atoms with Gasteiger partial charge in [-0.2, -0.15) is 0 Å². The third kappa shape index (κ3) is 4.93. The van der Waals surface area contributed by atoms with Gasteiger partial charge in [-0.3, -0.25) is 4.99 Å². The van der Waals surface area contributed by atoms with Crippen molar-refractivity contribution < 1.29 is 29.6 Å². The van der Waals surface area contributed by atoms with Crippen molar-refractivity contribution in [1.82, 2.24) is 0 Å². The molecule has 1 atom stereocenters. The number of carboxylic acids is 1. The molecule has 1 aliphatic rings. The van der Waals surface area contributed by atoms with Crippen LogP contribution in [0.3, 0.4) is 0 Å². The Balaban J connectivity index is 1.93. The fraction of sp³-hybridized carbons (Fsp3) is 0.130. The summed E-state index contributed by atoms with van der Waals surface area (Å²) >= 11 is 0. The number of carboxylic acid groups (broad SMARTS) is 1. The Morgan fingerprint density at radius 3 is 2.71 bits per heavy atom. The number of nitrogens with zero attached hydrogens (tertiary/aromatic N) is 1. The second kappa shape index (κ2) is 9.64. The number of aromatic carboxylic acids is 1. The van der Waals surface area contributed by atoms with Gasteiger partial charge in [0.25, 0.3) is 0 Å². The molecule has 2 aromatic rings. The third-order valence-corrected chi connectivity index (χ3v) is 4.60. The Bertz CT molecular complexity index is 1100. The Morgan fingerprint density at radius 1 is 1.19 bits per heavy atom. The smallest absolute Gasteiger partial charge is 0.335 e. The summed E-state index contributed by atoms with van der Waals surface area (Å²) in [6.45, 7) is 0.